The molecule has 0 spiro atoms. The van der Waals surface area contributed by atoms with Gasteiger partial charge in [0.15, 0.2) is 0 Å². The van der Waals surface area contributed by atoms with E-state index in [0.29, 0.717) is 6.54 Å². The SMILES string of the molecule is CN(Cc1ccccc1)C(F)=S. The molecular weight excluding hydrogens is 173 g/mol. The van der Waals surface area contributed by atoms with Crippen molar-refractivity contribution in [3.8, 4) is 0 Å². The third-order valence-corrected chi connectivity index (χ3v) is 1.87. The Balaban J connectivity index is 2.58. The zero-order chi connectivity index (χ0) is 8.97. The molecular formula is C9H10FNS. The first-order chi connectivity index (χ1) is 5.70. The maximum atomic E-state index is 12.4. The van der Waals surface area contributed by atoms with Crippen LogP contribution in [0.2, 0.25) is 0 Å². The highest BCUT2D eigenvalue weighted by Gasteiger charge is 2.01. The van der Waals surface area contributed by atoms with Crippen LogP contribution in [0, 0.1) is 0 Å². The van der Waals surface area contributed by atoms with E-state index in [0.717, 1.165) is 5.56 Å². The first-order valence-corrected chi connectivity index (χ1v) is 4.05. The summed E-state index contributed by atoms with van der Waals surface area (Å²) >= 11 is 4.38. The van der Waals surface area contributed by atoms with Crippen LogP contribution in [0.5, 0.6) is 0 Å². The van der Waals surface area contributed by atoms with Crippen molar-refractivity contribution in [1.29, 1.82) is 0 Å². The Labute approximate surface area is 76.8 Å². The molecule has 0 saturated heterocycles. The number of hydrogen-bond acceptors (Lipinski definition) is 1. The quantitative estimate of drug-likeness (QED) is 0.393. The van der Waals surface area contributed by atoms with E-state index < -0.39 is 5.24 Å². The van der Waals surface area contributed by atoms with E-state index in [1.165, 1.54) is 4.90 Å². The van der Waals surface area contributed by atoms with Gasteiger partial charge in [-0.05, 0) is 17.8 Å². The normalized spacial score (nSPS) is 9.50. The molecule has 64 valence electrons. The molecule has 0 aliphatic carbocycles. The van der Waals surface area contributed by atoms with Gasteiger partial charge in [-0.15, -0.1) is 0 Å². The van der Waals surface area contributed by atoms with E-state index >= 15 is 0 Å². The zero-order valence-corrected chi connectivity index (χ0v) is 7.64. The molecule has 0 heterocycles. The Kier molecular flexibility index (Phi) is 3.17. The van der Waals surface area contributed by atoms with Crippen LogP contribution in [-0.2, 0) is 6.54 Å². The van der Waals surface area contributed by atoms with Crippen LogP contribution in [0.3, 0.4) is 0 Å². The van der Waals surface area contributed by atoms with Crippen molar-refractivity contribution in [3.63, 3.8) is 0 Å². The summed E-state index contributed by atoms with van der Waals surface area (Å²) in [5.41, 5.74) is 1.06. The summed E-state index contributed by atoms with van der Waals surface area (Å²) in [4.78, 5) is 1.39. The van der Waals surface area contributed by atoms with E-state index in [1.807, 2.05) is 30.3 Å². The summed E-state index contributed by atoms with van der Waals surface area (Å²) in [7, 11) is 1.63. The molecule has 1 nitrogen and oxygen atoms in total. The molecule has 0 unspecified atom stereocenters. The van der Waals surface area contributed by atoms with E-state index in [9.17, 15) is 4.39 Å². The highest BCUT2D eigenvalue weighted by molar-refractivity contribution is 7.79. The van der Waals surface area contributed by atoms with E-state index in [4.69, 9.17) is 0 Å². The van der Waals surface area contributed by atoms with Crippen LogP contribution < -0.4 is 0 Å². The lowest BCUT2D eigenvalue weighted by Gasteiger charge is -2.13. The number of hydrogen-bond donors (Lipinski definition) is 0. The van der Waals surface area contributed by atoms with Crippen LogP contribution in [0.4, 0.5) is 4.39 Å². The lowest BCUT2D eigenvalue weighted by Crippen LogP contribution is -2.20. The van der Waals surface area contributed by atoms with Crippen molar-refractivity contribution < 1.29 is 4.39 Å². The van der Waals surface area contributed by atoms with Gasteiger partial charge in [-0.2, -0.15) is 4.39 Å². The fraction of sp³-hybridized carbons (Fsp3) is 0.222. The predicted octanol–water partition coefficient (Wildman–Crippen LogP) is 2.37. The Morgan fingerprint density at radius 1 is 1.42 bits per heavy atom. The molecule has 1 aromatic carbocycles. The lowest BCUT2D eigenvalue weighted by atomic mass is 10.2. The maximum absolute atomic E-state index is 12.4. The summed E-state index contributed by atoms with van der Waals surface area (Å²) in [5.74, 6) is 0. The van der Waals surface area contributed by atoms with Crippen LogP contribution >= 0.6 is 12.2 Å². The molecule has 0 radical (unpaired) electrons. The monoisotopic (exact) mass is 183 g/mol. The van der Waals surface area contributed by atoms with Crippen molar-refractivity contribution in [2.24, 2.45) is 0 Å². The van der Waals surface area contributed by atoms with E-state index in [2.05, 4.69) is 12.2 Å². The zero-order valence-electron chi connectivity index (χ0n) is 6.83. The maximum Gasteiger partial charge on any atom is 0.255 e. The minimum absolute atomic E-state index is 0.524. The van der Waals surface area contributed by atoms with Crippen LogP contribution in [0.1, 0.15) is 5.56 Å². The molecule has 1 aromatic rings. The molecule has 0 bridgehead atoms. The number of benzene rings is 1. The van der Waals surface area contributed by atoms with Crippen molar-refractivity contribution in [2.75, 3.05) is 7.05 Å². The van der Waals surface area contributed by atoms with Crippen molar-refractivity contribution >= 4 is 17.5 Å². The predicted molar refractivity (Wildman–Crippen MR) is 51.6 cm³/mol. The van der Waals surface area contributed by atoms with Crippen molar-refractivity contribution in [1.82, 2.24) is 4.90 Å². The van der Waals surface area contributed by atoms with E-state index in [1.54, 1.807) is 7.05 Å². The number of halogens is 1. The van der Waals surface area contributed by atoms with Gasteiger partial charge in [-0.3, -0.25) is 0 Å². The van der Waals surface area contributed by atoms with E-state index in [-0.39, 0.29) is 0 Å². The van der Waals surface area contributed by atoms with Crippen molar-refractivity contribution in [2.45, 2.75) is 6.54 Å². The molecule has 0 amide bonds. The van der Waals surface area contributed by atoms with Gasteiger partial charge in [0.2, 0.25) is 0 Å². The summed E-state index contributed by atoms with van der Waals surface area (Å²) in [6.07, 6.45) is 0. The van der Waals surface area contributed by atoms with Gasteiger partial charge in [0.1, 0.15) is 0 Å². The Morgan fingerprint density at radius 3 is 2.50 bits per heavy atom. The van der Waals surface area contributed by atoms with Gasteiger partial charge in [0, 0.05) is 13.6 Å². The average molecular weight is 183 g/mol. The second-order valence-electron chi connectivity index (χ2n) is 2.59. The van der Waals surface area contributed by atoms with Crippen molar-refractivity contribution in [3.05, 3.63) is 35.9 Å². The Bertz CT molecular complexity index is 260. The first kappa shape index (κ1) is 9.13. The standard InChI is InChI=1S/C9H10FNS/c1-11(9(10)12)7-8-5-3-2-4-6-8/h2-6H,7H2,1H3. The molecule has 0 aliphatic heterocycles. The molecule has 0 fully saturated rings. The summed E-state index contributed by atoms with van der Waals surface area (Å²) in [5, 5.41) is -0.571. The molecule has 0 aliphatic rings. The van der Waals surface area contributed by atoms with Crippen LogP contribution in [0.25, 0.3) is 0 Å². The molecule has 0 atom stereocenters. The topological polar surface area (TPSA) is 3.24 Å². The minimum atomic E-state index is -0.571. The third kappa shape index (κ3) is 2.58. The molecule has 12 heavy (non-hydrogen) atoms. The number of rotatable bonds is 2. The molecule has 1 rings (SSSR count). The average Bonchev–Trinajstić information content (AvgIpc) is 2.06. The third-order valence-electron chi connectivity index (χ3n) is 1.56. The summed E-state index contributed by atoms with van der Waals surface area (Å²) in [6.45, 7) is 0.524. The second-order valence-corrected chi connectivity index (χ2v) is 2.93. The first-order valence-electron chi connectivity index (χ1n) is 3.64. The fourth-order valence-corrected chi connectivity index (χ4v) is 0.984. The molecule has 0 aromatic heterocycles. The van der Waals surface area contributed by atoms with Gasteiger partial charge < -0.3 is 4.90 Å². The highest BCUT2D eigenvalue weighted by Crippen LogP contribution is 2.03. The molecule has 0 N–H and O–H groups in total. The van der Waals surface area contributed by atoms with Gasteiger partial charge in [-0.25, -0.2) is 0 Å². The Hall–Kier alpha value is -0.960. The Morgan fingerprint density at radius 2 is 2.00 bits per heavy atom. The van der Waals surface area contributed by atoms with Gasteiger partial charge in [-0.1, -0.05) is 30.3 Å². The molecule has 0 saturated carbocycles. The lowest BCUT2D eigenvalue weighted by molar-refractivity contribution is 0.456. The van der Waals surface area contributed by atoms with Gasteiger partial charge in [0.25, 0.3) is 5.24 Å². The number of nitrogens with zero attached hydrogens (tertiary/aromatic N) is 1. The fourth-order valence-electron chi connectivity index (χ4n) is 0.919. The van der Waals surface area contributed by atoms with Crippen LogP contribution in [0.15, 0.2) is 30.3 Å². The molecule has 3 heteroatoms. The largest absolute Gasteiger partial charge is 0.338 e. The minimum Gasteiger partial charge on any atom is -0.338 e. The van der Waals surface area contributed by atoms with Gasteiger partial charge in [0.05, 0.1) is 0 Å². The smallest absolute Gasteiger partial charge is 0.255 e. The van der Waals surface area contributed by atoms with Gasteiger partial charge >= 0.3 is 0 Å². The highest BCUT2D eigenvalue weighted by atomic mass is 32.1. The number of thiocarbonyl (C=S) groups is 1. The summed E-state index contributed by atoms with van der Waals surface area (Å²) in [6, 6.07) is 9.65. The van der Waals surface area contributed by atoms with Crippen LogP contribution in [-0.4, -0.2) is 17.2 Å². The summed E-state index contributed by atoms with van der Waals surface area (Å²) < 4.78 is 12.4. The second kappa shape index (κ2) is 4.16.